The van der Waals surface area contributed by atoms with E-state index in [2.05, 4.69) is 15.4 Å². The highest BCUT2D eigenvalue weighted by Gasteiger charge is 2.24. The predicted molar refractivity (Wildman–Crippen MR) is 125 cm³/mol. The Morgan fingerprint density at radius 1 is 1.18 bits per heavy atom. The smallest absolute Gasteiger partial charge is 0.293 e. The number of amides is 1. The number of nitro groups is 1. The molecule has 3 heterocycles. The average Bonchev–Trinajstić information content (AvgIpc) is 3.56. The number of nitrogens with one attached hydrogen (secondary N) is 1. The molecule has 0 saturated carbocycles. The van der Waals surface area contributed by atoms with Gasteiger partial charge in [-0.05, 0) is 49.2 Å². The summed E-state index contributed by atoms with van der Waals surface area (Å²) in [5, 5.41) is 20.6. The van der Waals surface area contributed by atoms with E-state index < -0.39 is 10.8 Å². The molecule has 11 heteroatoms. The molecule has 0 spiro atoms. The molecular weight excluding hydrogens is 444 g/mol. The molecule has 1 fully saturated rings. The quantitative estimate of drug-likeness (QED) is 0.335. The molecule has 0 unspecified atom stereocenters. The van der Waals surface area contributed by atoms with Crippen molar-refractivity contribution in [3.8, 4) is 17.0 Å². The largest absolute Gasteiger partial charge is 0.497 e. The van der Waals surface area contributed by atoms with Gasteiger partial charge in [0.15, 0.2) is 0 Å². The van der Waals surface area contributed by atoms with Gasteiger partial charge in [0.1, 0.15) is 11.4 Å². The summed E-state index contributed by atoms with van der Waals surface area (Å²) in [6, 6.07) is 12.1. The van der Waals surface area contributed by atoms with Gasteiger partial charge in [-0.25, -0.2) is 4.52 Å². The summed E-state index contributed by atoms with van der Waals surface area (Å²) in [5.74, 6) is 0.379. The van der Waals surface area contributed by atoms with Crippen molar-refractivity contribution >= 4 is 39.5 Å². The fourth-order valence-electron chi connectivity index (χ4n) is 3.90. The van der Waals surface area contributed by atoms with Gasteiger partial charge < -0.3 is 9.64 Å². The first kappa shape index (κ1) is 20.9. The summed E-state index contributed by atoms with van der Waals surface area (Å²) in [7, 11) is 1.61. The number of hydrogen-bond donors (Lipinski definition) is 1. The summed E-state index contributed by atoms with van der Waals surface area (Å²) < 4.78 is 6.85. The number of nitrogens with zero attached hydrogens (tertiary/aromatic N) is 5. The molecule has 0 radical (unpaired) electrons. The summed E-state index contributed by atoms with van der Waals surface area (Å²) in [4.78, 5) is 30.9. The summed E-state index contributed by atoms with van der Waals surface area (Å²) in [6.45, 7) is 1.55. The van der Waals surface area contributed by atoms with Crippen molar-refractivity contribution in [2.75, 3.05) is 30.4 Å². The van der Waals surface area contributed by atoms with Crippen LogP contribution in [0.4, 0.5) is 17.3 Å². The number of ether oxygens (including phenoxy) is 1. The molecule has 2 aromatic heterocycles. The molecule has 1 aliphatic heterocycles. The summed E-state index contributed by atoms with van der Waals surface area (Å²) >= 11 is 1.40. The highest BCUT2D eigenvalue weighted by Crippen LogP contribution is 2.32. The first-order valence-corrected chi connectivity index (χ1v) is 11.2. The van der Waals surface area contributed by atoms with E-state index in [0.717, 1.165) is 42.9 Å². The Hall–Kier alpha value is -3.99. The van der Waals surface area contributed by atoms with Crippen LogP contribution in [0.1, 0.15) is 23.2 Å². The molecule has 0 atom stereocenters. The zero-order valence-corrected chi connectivity index (χ0v) is 18.5. The van der Waals surface area contributed by atoms with Gasteiger partial charge in [-0.2, -0.15) is 4.98 Å². The van der Waals surface area contributed by atoms with Crippen LogP contribution in [0.2, 0.25) is 0 Å². The van der Waals surface area contributed by atoms with Crippen LogP contribution in [0.15, 0.2) is 47.8 Å². The van der Waals surface area contributed by atoms with Crippen LogP contribution < -0.4 is 15.0 Å². The second-order valence-electron chi connectivity index (χ2n) is 7.59. The zero-order chi connectivity index (χ0) is 22.9. The Bertz CT molecular complexity index is 1340. The SMILES string of the molecule is COc1ccc(-c2csc3nc(NC(=O)c4ccc(N5CCCC5)c([N+](=O)[O-])c4)nn23)cc1. The van der Waals surface area contributed by atoms with E-state index in [9.17, 15) is 14.9 Å². The minimum absolute atomic E-state index is 0.0786. The number of thiazole rings is 1. The van der Waals surface area contributed by atoms with E-state index in [0.29, 0.717) is 10.6 Å². The molecule has 2 aromatic carbocycles. The Morgan fingerprint density at radius 3 is 2.64 bits per heavy atom. The molecule has 5 rings (SSSR count). The molecule has 0 bridgehead atoms. The van der Waals surface area contributed by atoms with Gasteiger partial charge in [-0.3, -0.25) is 20.2 Å². The Labute approximate surface area is 192 Å². The standard InChI is InChI=1S/C22H20N6O4S/c1-32-16-7-4-14(5-8-16)19-13-33-22-24-21(25-27(19)22)23-20(29)15-6-9-17(18(12-15)28(30)31)26-10-2-3-11-26/h4-9,12-13H,2-3,10-11H2,1H3,(H,23,25,29). The Balaban J connectivity index is 1.39. The van der Waals surface area contributed by atoms with Gasteiger partial charge in [-0.1, -0.05) is 0 Å². The van der Waals surface area contributed by atoms with Crippen molar-refractivity contribution in [3.05, 3.63) is 63.5 Å². The van der Waals surface area contributed by atoms with Crippen molar-refractivity contribution in [1.29, 1.82) is 0 Å². The molecule has 1 saturated heterocycles. The van der Waals surface area contributed by atoms with Gasteiger partial charge in [0.2, 0.25) is 4.96 Å². The van der Waals surface area contributed by atoms with Crippen molar-refractivity contribution < 1.29 is 14.5 Å². The average molecular weight is 465 g/mol. The third-order valence-corrected chi connectivity index (χ3v) is 6.39. The van der Waals surface area contributed by atoms with Gasteiger partial charge >= 0.3 is 0 Å². The molecule has 0 aliphatic carbocycles. The minimum Gasteiger partial charge on any atom is -0.497 e. The lowest BCUT2D eigenvalue weighted by Crippen LogP contribution is -2.20. The molecule has 4 aromatic rings. The van der Waals surface area contributed by atoms with Crippen LogP contribution in [0.3, 0.4) is 0 Å². The number of rotatable bonds is 6. The predicted octanol–water partition coefficient (Wildman–Crippen LogP) is 4.23. The highest BCUT2D eigenvalue weighted by atomic mass is 32.1. The lowest BCUT2D eigenvalue weighted by atomic mass is 10.1. The number of hydrogen-bond acceptors (Lipinski definition) is 8. The maximum absolute atomic E-state index is 12.8. The monoisotopic (exact) mass is 464 g/mol. The van der Waals surface area contributed by atoms with Crippen LogP contribution in [0, 0.1) is 10.1 Å². The third kappa shape index (κ3) is 3.98. The second kappa shape index (κ2) is 8.51. The lowest BCUT2D eigenvalue weighted by molar-refractivity contribution is -0.384. The fourth-order valence-corrected chi connectivity index (χ4v) is 4.74. The van der Waals surface area contributed by atoms with Gasteiger partial charge in [-0.15, -0.1) is 16.4 Å². The van der Waals surface area contributed by atoms with Crippen molar-refractivity contribution in [2.24, 2.45) is 0 Å². The highest BCUT2D eigenvalue weighted by molar-refractivity contribution is 7.15. The molecular formula is C22H20N6O4S. The maximum Gasteiger partial charge on any atom is 0.293 e. The fraction of sp³-hybridized carbons (Fsp3) is 0.227. The number of carbonyl (C=O) groups excluding carboxylic acids is 1. The summed E-state index contributed by atoms with van der Waals surface area (Å²) in [5.41, 5.74) is 2.40. The molecule has 1 N–H and O–H groups in total. The van der Waals surface area contributed by atoms with Crippen LogP contribution in [-0.2, 0) is 0 Å². The Morgan fingerprint density at radius 2 is 1.94 bits per heavy atom. The number of anilines is 2. The number of nitro benzene ring substituents is 1. The minimum atomic E-state index is -0.504. The van der Waals surface area contributed by atoms with E-state index in [1.54, 1.807) is 23.8 Å². The van der Waals surface area contributed by atoms with Crippen LogP contribution in [-0.4, -0.2) is 45.6 Å². The van der Waals surface area contributed by atoms with Gasteiger partial charge in [0.25, 0.3) is 17.5 Å². The third-order valence-electron chi connectivity index (χ3n) is 5.57. The van der Waals surface area contributed by atoms with E-state index >= 15 is 0 Å². The molecule has 1 aliphatic rings. The van der Waals surface area contributed by atoms with Gasteiger partial charge in [0, 0.05) is 35.7 Å². The van der Waals surface area contributed by atoms with Crippen molar-refractivity contribution in [2.45, 2.75) is 12.8 Å². The number of methoxy groups -OCH3 is 1. The van der Waals surface area contributed by atoms with Crippen LogP contribution >= 0.6 is 11.3 Å². The van der Waals surface area contributed by atoms with E-state index in [1.807, 2.05) is 34.5 Å². The van der Waals surface area contributed by atoms with Crippen molar-refractivity contribution in [1.82, 2.24) is 14.6 Å². The van der Waals surface area contributed by atoms with Crippen LogP contribution in [0.5, 0.6) is 5.75 Å². The topological polar surface area (TPSA) is 115 Å². The molecule has 168 valence electrons. The second-order valence-corrected chi connectivity index (χ2v) is 8.42. The zero-order valence-electron chi connectivity index (χ0n) is 17.7. The Kier molecular flexibility index (Phi) is 5.38. The van der Waals surface area contributed by atoms with E-state index in [1.165, 1.54) is 17.4 Å². The molecule has 33 heavy (non-hydrogen) atoms. The number of fused-ring (bicyclic) bond motifs is 1. The summed E-state index contributed by atoms with van der Waals surface area (Å²) in [6.07, 6.45) is 2.00. The first-order chi connectivity index (χ1) is 16.0. The lowest BCUT2D eigenvalue weighted by Gasteiger charge is -2.17. The van der Waals surface area contributed by atoms with E-state index in [4.69, 9.17) is 4.74 Å². The molecule has 1 amide bonds. The number of benzene rings is 2. The normalized spacial score (nSPS) is 13.4. The number of aromatic nitrogens is 3. The van der Waals surface area contributed by atoms with Crippen molar-refractivity contribution in [3.63, 3.8) is 0 Å². The first-order valence-electron chi connectivity index (χ1n) is 10.4. The van der Waals surface area contributed by atoms with Gasteiger partial charge in [0.05, 0.1) is 17.7 Å². The van der Waals surface area contributed by atoms with Crippen LogP contribution in [0.25, 0.3) is 16.2 Å². The van der Waals surface area contributed by atoms with E-state index in [-0.39, 0.29) is 17.2 Å². The number of carbonyl (C=O) groups is 1. The molecule has 10 nitrogen and oxygen atoms in total. The maximum atomic E-state index is 12.8.